The highest BCUT2D eigenvalue weighted by Gasteiger charge is 2.45. The van der Waals surface area contributed by atoms with Gasteiger partial charge in [-0.05, 0) is 58.0 Å². The van der Waals surface area contributed by atoms with Gasteiger partial charge in [-0.3, -0.25) is 4.79 Å². The Morgan fingerprint density at radius 1 is 1.22 bits per heavy atom. The van der Waals surface area contributed by atoms with Crippen LogP contribution < -0.4 is 5.73 Å². The smallest absolute Gasteiger partial charge is 0.242 e. The summed E-state index contributed by atoms with van der Waals surface area (Å²) in [6.07, 6.45) is 6.56. The standard InChI is InChI=1S/C14H25N3O/c1-16-8-2-4-11-10-17(9-5-12(11)16)13(18)14(15)6-3-7-14/h11-12H,2-10,15H2,1H3. The van der Waals surface area contributed by atoms with Crippen molar-refractivity contribution in [3.8, 4) is 0 Å². The summed E-state index contributed by atoms with van der Waals surface area (Å²) in [5, 5.41) is 0. The summed E-state index contributed by atoms with van der Waals surface area (Å²) in [5.74, 6) is 0.894. The third kappa shape index (κ3) is 1.95. The summed E-state index contributed by atoms with van der Waals surface area (Å²) in [6, 6.07) is 0.693. The minimum Gasteiger partial charge on any atom is -0.341 e. The van der Waals surface area contributed by atoms with E-state index < -0.39 is 5.54 Å². The Morgan fingerprint density at radius 3 is 2.67 bits per heavy atom. The highest BCUT2D eigenvalue weighted by molar-refractivity contribution is 5.87. The van der Waals surface area contributed by atoms with Gasteiger partial charge in [0.15, 0.2) is 0 Å². The maximum atomic E-state index is 12.4. The monoisotopic (exact) mass is 251 g/mol. The van der Waals surface area contributed by atoms with Crippen LogP contribution in [0.25, 0.3) is 0 Å². The first-order valence-corrected chi connectivity index (χ1v) is 7.39. The van der Waals surface area contributed by atoms with Gasteiger partial charge in [0.1, 0.15) is 0 Å². The Labute approximate surface area is 109 Å². The Kier molecular flexibility index (Phi) is 3.10. The van der Waals surface area contributed by atoms with Crippen molar-refractivity contribution in [3.05, 3.63) is 0 Å². The zero-order valence-corrected chi connectivity index (χ0v) is 11.4. The van der Waals surface area contributed by atoms with Gasteiger partial charge in [-0.15, -0.1) is 0 Å². The normalized spacial score (nSPS) is 35.8. The van der Waals surface area contributed by atoms with Gasteiger partial charge < -0.3 is 15.5 Å². The van der Waals surface area contributed by atoms with E-state index in [2.05, 4.69) is 16.8 Å². The molecule has 2 saturated heterocycles. The molecule has 1 aliphatic carbocycles. The molecule has 102 valence electrons. The number of fused-ring (bicyclic) bond motifs is 1. The van der Waals surface area contributed by atoms with Crippen LogP contribution in [-0.2, 0) is 4.79 Å². The van der Waals surface area contributed by atoms with Gasteiger partial charge in [-0.1, -0.05) is 0 Å². The topological polar surface area (TPSA) is 49.6 Å². The lowest BCUT2D eigenvalue weighted by Gasteiger charge is -2.48. The predicted molar refractivity (Wildman–Crippen MR) is 71.1 cm³/mol. The second-order valence-electron chi connectivity index (χ2n) is 6.50. The quantitative estimate of drug-likeness (QED) is 0.750. The van der Waals surface area contributed by atoms with Gasteiger partial charge in [-0.25, -0.2) is 0 Å². The average Bonchev–Trinajstić information content (AvgIpc) is 2.35. The Hall–Kier alpha value is -0.610. The largest absolute Gasteiger partial charge is 0.341 e. The lowest BCUT2D eigenvalue weighted by atomic mass is 9.75. The number of amides is 1. The van der Waals surface area contributed by atoms with Crippen molar-refractivity contribution >= 4 is 5.91 Å². The lowest BCUT2D eigenvalue weighted by molar-refractivity contribution is -0.143. The molecule has 0 aromatic carbocycles. The second kappa shape index (κ2) is 4.49. The van der Waals surface area contributed by atoms with Gasteiger partial charge in [-0.2, -0.15) is 0 Å². The molecular formula is C14H25N3O. The van der Waals surface area contributed by atoms with Crippen molar-refractivity contribution in [2.24, 2.45) is 11.7 Å². The molecule has 0 aromatic heterocycles. The molecule has 3 aliphatic rings. The molecule has 1 amide bonds. The van der Waals surface area contributed by atoms with E-state index in [9.17, 15) is 4.79 Å². The zero-order chi connectivity index (χ0) is 12.8. The molecule has 1 saturated carbocycles. The first kappa shape index (κ1) is 12.4. The summed E-state index contributed by atoms with van der Waals surface area (Å²) < 4.78 is 0. The molecule has 0 bridgehead atoms. The number of hydrogen-bond acceptors (Lipinski definition) is 3. The van der Waals surface area contributed by atoms with E-state index in [1.54, 1.807) is 0 Å². The molecule has 18 heavy (non-hydrogen) atoms. The van der Waals surface area contributed by atoms with Crippen LogP contribution in [0.5, 0.6) is 0 Å². The third-order valence-electron chi connectivity index (χ3n) is 5.30. The minimum atomic E-state index is -0.507. The summed E-state index contributed by atoms with van der Waals surface area (Å²) in [7, 11) is 2.23. The van der Waals surface area contributed by atoms with E-state index >= 15 is 0 Å². The average molecular weight is 251 g/mol. The molecule has 2 atom stereocenters. The number of carbonyl (C=O) groups excluding carboxylic acids is 1. The van der Waals surface area contributed by atoms with Crippen molar-refractivity contribution in [2.45, 2.75) is 50.1 Å². The highest BCUT2D eigenvalue weighted by atomic mass is 16.2. The van der Waals surface area contributed by atoms with Gasteiger partial charge in [0.2, 0.25) is 5.91 Å². The maximum absolute atomic E-state index is 12.4. The number of hydrogen-bond donors (Lipinski definition) is 1. The van der Waals surface area contributed by atoms with Crippen LogP contribution in [0.4, 0.5) is 0 Å². The molecule has 2 heterocycles. The third-order valence-corrected chi connectivity index (χ3v) is 5.30. The number of likely N-dealkylation sites (tertiary alicyclic amines) is 2. The highest BCUT2D eigenvalue weighted by Crippen LogP contribution is 2.34. The minimum absolute atomic E-state index is 0.223. The molecule has 4 heteroatoms. The van der Waals surface area contributed by atoms with E-state index in [1.807, 2.05) is 0 Å². The fraction of sp³-hybridized carbons (Fsp3) is 0.929. The summed E-state index contributed by atoms with van der Waals surface area (Å²) >= 11 is 0. The van der Waals surface area contributed by atoms with E-state index in [4.69, 9.17) is 5.73 Å². The fourth-order valence-electron chi connectivity index (χ4n) is 3.92. The van der Waals surface area contributed by atoms with Crippen molar-refractivity contribution in [2.75, 3.05) is 26.7 Å². The van der Waals surface area contributed by atoms with Gasteiger partial charge >= 0.3 is 0 Å². The number of piperidine rings is 2. The molecule has 4 nitrogen and oxygen atoms in total. The van der Waals surface area contributed by atoms with Gasteiger partial charge in [0, 0.05) is 19.1 Å². The van der Waals surface area contributed by atoms with Crippen LogP contribution in [-0.4, -0.2) is 54.0 Å². The van der Waals surface area contributed by atoms with Crippen molar-refractivity contribution in [1.82, 2.24) is 9.80 Å². The second-order valence-corrected chi connectivity index (χ2v) is 6.50. The Morgan fingerprint density at radius 2 is 2.00 bits per heavy atom. The maximum Gasteiger partial charge on any atom is 0.242 e. The van der Waals surface area contributed by atoms with Crippen LogP contribution >= 0.6 is 0 Å². The van der Waals surface area contributed by atoms with Crippen molar-refractivity contribution < 1.29 is 4.79 Å². The summed E-state index contributed by atoms with van der Waals surface area (Å²) in [4.78, 5) is 17.0. The Bertz CT molecular complexity index is 340. The van der Waals surface area contributed by atoms with E-state index in [1.165, 1.54) is 19.4 Å². The van der Waals surface area contributed by atoms with Crippen LogP contribution in [0.1, 0.15) is 38.5 Å². The molecule has 0 aromatic rings. The van der Waals surface area contributed by atoms with E-state index in [0.29, 0.717) is 12.0 Å². The fourth-order valence-corrected chi connectivity index (χ4v) is 3.92. The molecule has 2 unspecified atom stereocenters. The molecule has 3 fully saturated rings. The van der Waals surface area contributed by atoms with Gasteiger partial charge in [0.25, 0.3) is 0 Å². The molecule has 3 rings (SSSR count). The zero-order valence-electron chi connectivity index (χ0n) is 11.4. The Balaban J connectivity index is 1.65. The first-order chi connectivity index (χ1) is 8.60. The summed E-state index contributed by atoms with van der Waals surface area (Å²) in [6.45, 7) is 3.06. The number of nitrogens with two attached hydrogens (primary N) is 1. The van der Waals surface area contributed by atoms with Crippen LogP contribution in [0.2, 0.25) is 0 Å². The number of nitrogens with zero attached hydrogens (tertiary/aromatic N) is 2. The van der Waals surface area contributed by atoms with Crippen molar-refractivity contribution in [3.63, 3.8) is 0 Å². The lowest BCUT2D eigenvalue weighted by Crippen LogP contribution is -2.63. The van der Waals surface area contributed by atoms with Crippen LogP contribution in [0.15, 0.2) is 0 Å². The van der Waals surface area contributed by atoms with E-state index in [0.717, 1.165) is 38.8 Å². The summed E-state index contributed by atoms with van der Waals surface area (Å²) in [5.41, 5.74) is 5.66. The molecular weight excluding hydrogens is 226 g/mol. The van der Waals surface area contributed by atoms with Crippen molar-refractivity contribution in [1.29, 1.82) is 0 Å². The predicted octanol–water partition coefficient (Wildman–Crippen LogP) is 0.811. The SMILES string of the molecule is CN1CCCC2CN(C(=O)C3(N)CCC3)CCC21. The number of rotatable bonds is 1. The van der Waals surface area contributed by atoms with Crippen LogP contribution in [0, 0.1) is 5.92 Å². The van der Waals surface area contributed by atoms with Gasteiger partial charge in [0.05, 0.1) is 5.54 Å². The van der Waals surface area contributed by atoms with E-state index in [-0.39, 0.29) is 5.91 Å². The molecule has 0 radical (unpaired) electrons. The molecule has 2 N–H and O–H groups in total. The number of carbonyl (C=O) groups is 1. The molecule has 2 aliphatic heterocycles. The molecule has 0 spiro atoms. The first-order valence-electron chi connectivity index (χ1n) is 7.39. The van der Waals surface area contributed by atoms with Crippen LogP contribution in [0.3, 0.4) is 0 Å².